The molecule has 0 saturated heterocycles. The molecule has 0 aromatic heterocycles. The molecular weight excluding hydrogens is 408 g/mol. The molecule has 0 unspecified atom stereocenters. The van der Waals surface area contributed by atoms with E-state index in [0.29, 0.717) is 17.8 Å². The first kappa shape index (κ1) is 21.4. The van der Waals surface area contributed by atoms with E-state index in [-0.39, 0.29) is 34.1 Å². The third kappa shape index (κ3) is 5.19. The van der Waals surface area contributed by atoms with Crippen molar-refractivity contribution in [2.75, 3.05) is 16.4 Å². The normalized spacial score (nSPS) is 16.1. The molecule has 29 heavy (non-hydrogen) atoms. The summed E-state index contributed by atoms with van der Waals surface area (Å²) in [5.74, 6) is -0.778. The molecule has 2 aromatic rings. The predicted molar refractivity (Wildman–Crippen MR) is 116 cm³/mol. The first-order valence-corrected chi connectivity index (χ1v) is 11.9. The Bertz CT molecular complexity index is 1040. The first-order valence-electron chi connectivity index (χ1n) is 9.40. The second kappa shape index (κ2) is 8.59. The van der Waals surface area contributed by atoms with Crippen LogP contribution in [-0.4, -0.2) is 31.2 Å². The van der Waals surface area contributed by atoms with Crippen LogP contribution in [0.4, 0.5) is 11.4 Å². The minimum absolute atomic E-state index is 0.103. The lowest BCUT2D eigenvalue weighted by Crippen LogP contribution is -2.28. The lowest BCUT2D eigenvalue weighted by molar-refractivity contribution is -0.116. The molecule has 0 radical (unpaired) electrons. The number of carbonyl (C=O) groups excluding carboxylic acids is 2. The molecule has 154 valence electrons. The third-order valence-corrected chi connectivity index (χ3v) is 7.76. The Morgan fingerprint density at radius 3 is 2.48 bits per heavy atom. The van der Waals surface area contributed by atoms with E-state index in [1.54, 1.807) is 6.07 Å². The summed E-state index contributed by atoms with van der Waals surface area (Å²) < 4.78 is 25.4. The highest BCUT2D eigenvalue weighted by Crippen LogP contribution is 2.38. The molecule has 2 amide bonds. The van der Waals surface area contributed by atoms with Crippen molar-refractivity contribution >= 4 is 44.8 Å². The summed E-state index contributed by atoms with van der Waals surface area (Å²) in [5, 5.41) is 5.36. The quantitative estimate of drug-likeness (QED) is 0.722. The number of fused-ring (bicyclic) bond motifs is 1. The summed E-state index contributed by atoms with van der Waals surface area (Å²) in [4.78, 5) is 25.2. The zero-order valence-corrected chi connectivity index (χ0v) is 18.2. The maximum Gasteiger partial charge on any atom is 0.237 e. The highest BCUT2D eigenvalue weighted by atomic mass is 32.2. The van der Waals surface area contributed by atoms with Crippen LogP contribution in [-0.2, 0) is 19.4 Å². The maximum atomic E-state index is 12.7. The Kier molecular flexibility index (Phi) is 6.33. The van der Waals surface area contributed by atoms with E-state index in [9.17, 15) is 18.0 Å². The van der Waals surface area contributed by atoms with Crippen molar-refractivity contribution < 1.29 is 18.0 Å². The molecule has 1 atom stereocenters. The molecule has 0 spiro atoms. The van der Waals surface area contributed by atoms with Gasteiger partial charge in [0, 0.05) is 17.0 Å². The number of thioether (sulfide) groups is 1. The van der Waals surface area contributed by atoms with Gasteiger partial charge in [-0.1, -0.05) is 13.0 Å². The summed E-state index contributed by atoms with van der Waals surface area (Å²) >= 11 is 1.44. The second-order valence-corrected chi connectivity index (χ2v) is 10.5. The number of sulfone groups is 1. The van der Waals surface area contributed by atoms with Gasteiger partial charge in [-0.25, -0.2) is 8.42 Å². The fraction of sp³-hybridized carbons (Fsp3) is 0.333. The van der Waals surface area contributed by atoms with Gasteiger partial charge in [0.05, 0.1) is 21.6 Å². The van der Waals surface area contributed by atoms with E-state index in [4.69, 9.17) is 0 Å². The molecule has 0 aliphatic carbocycles. The Morgan fingerprint density at radius 2 is 1.83 bits per heavy atom. The van der Waals surface area contributed by atoms with Crippen LogP contribution < -0.4 is 10.6 Å². The van der Waals surface area contributed by atoms with Crippen molar-refractivity contribution in [2.45, 2.75) is 48.7 Å². The molecule has 1 aliphatic heterocycles. The van der Waals surface area contributed by atoms with Gasteiger partial charge in [0.15, 0.2) is 9.84 Å². The number of nitrogens with one attached hydrogen (secondary N) is 2. The molecule has 6 nitrogen and oxygen atoms in total. The molecule has 1 aliphatic rings. The minimum atomic E-state index is -3.66. The van der Waals surface area contributed by atoms with Crippen molar-refractivity contribution in [1.82, 2.24) is 0 Å². The third-order valence-electron chi connectivity index (χ3n) is 4.60. The summed E-state index contributed by atoms with van der Waals surface area (Å²) in [6.45, 7) is 5.80. The van der Waals surface area contributed by atoms with Crippen LogP contribution in [0.3, 0.4) is 0 Å². The SMILES string of the molecule is CC[C@@H]1Sc2ccc(S(=O)(=O)CCC(=O)Nc3cc(C)cc(C)c3)cc2NC1=O. The molecule has 8 heteroatoms. The van der Waals surface area contributed by atoms with Crippen LogP contribution in [0, 0.1) is 13.8 Å². The number of hydrogen-bond donors (Lipinski definition) is 2. The Morgan fingerprint density at radius 1 is 1.14 bits per heavy atom. The second-order valence-electron chi connectivity index (χ2n) is 7.16. The zero-order valence-electron chi connectivity index (χ0n) is 16.6. The number of benzene rings is 2. The van der Waals surface area contributed by atoms with Crippen molar-refractivity contribution in [3.63, 3.8) is 0 Å². The van der Waals surface area contributed by atoms with Crippen LogP contribution in [0.1, 0.15) is 30.9 Å². The number of amides is 2. The van der Waals surface area contributed by atoms with Crippen molar-refractivity contribution in [1.29, 1.82) is 0 Å². The van der Waals surface area contributed by atoms with Gasteiger partial charge in [-0.05, 0) is 61.7 Å². The van der Waals surface area contributed by atoms with Gasteiger partial charge in [-0.3, -0.25) is 9.59 Å². The maximum absolute atomic E-state index is 12.7. The average molecular weight is 433 g/mol. The summed E-state index contributed by atoms with van der Waals surface area (Å²) in [5.41, 5.74) is 3.20. The highest BCUT2D eigenvalue weighted by Gasteiger charge is 2.27. The number of carbonyl (C=O) groups is 2. The lowest BCUT2D eigenvalue weighted by atomic mass is 10.1. The van der Waals surface area contributed by atoms with Gasteiger partial charge in [-0.2, -0.15) is 0 Å². The van der Waals surface area contributed by atoms with Crippen LogP contribution in [0.25, 0.3) is 0 Å². The van der Waals surface area contributed by atoms with Crippen LogP contribution in [0.5, 0.6) is 0 Å². The molecule has 2 N–H and O–H groups in total. The van der Waals surface area contributed by atoms with Gasteiger partial charge < -0.3 is 10.6 Å². The Balaban J connectivity index is 1.67. The van der Waals surface area contributed by atoms with Gasteiger partial charge in [-0.15, -0.1) is 11.8 Å². The number of hydrogen-bond acceptors (Lipinski definition) is 5. The number of rotatable bonds is 6. The van der Waals surface area contributed by atoms with Crippen LogP contribution in [0.15, 0.2) is 46.2 Å². The van der Waals surface area contributed by atoms with Crippen LogP contribution >= 0.6 is 11.8 Å². The van der Waals surface area contributed by atoms with Gasteiger partial charge in [0.25, 0.3) is 0 Å². The predicted octanol–water partition coefficient (Wildman–Crippen LogP) is 3.93. The molecule has 3 rings (SSSR count). The van der Waals surface area contributed by atoms with E-state index in [0.717, 1.165) is 16.0 Å². The van der Waals surface area contributed by atoms with E-state index in [1.807, 2.05) is 39.0 Å². The van der Waals surface area contributed by atoms with Crippen molar-refractivity contribution in [3.05, 3.63) is 47.5 Å². The van der Waals surface area contributed by atoms with Gasteiger partial charge in [0.2, 0.25) is 11.8 Å². The number of anilines is 2. The molecular formula is C21H24N2O4S2. The Hall–Kier alpha value is -2.32. The molecule has 1 heterocycles. The lowest BCUT2D eigenvalue weighted by Gasteiger charge is -2.23. The minimum Gasteiger partial charge on any atom is -0.326 e. The van der Waals surface area contributed by atoms with Gasteiger partial charge in [0.1, 0.15) is 0 Å². The van der Waals surface area contributed by atoms with E-state index in [2.05, 4.69) is 10.6 Å². The largest absolute Gasteiger partial charge is 0.326 e. The zero-order chi connectivity index (χ0) is 21.2. The Labute approximate surface area is 175 Å². The molecule has 0 fully saturated rings. The first-order chi connectivity index (χ1) is 13.7. The van der Waals surface area contributed by atoms with Gasteiger partial charge >= 0.3 is 0 Å². The topological polar surface area (TPSA) is 92.3 Å². The molecule has 2 aromatic carbocycles. The van der Waals surface area contributed by atoms with Crippen molar-refractivity contribution in [3.8, 4) is 0 Å². The fourth-order valence-corrected chi connectivity index (χ4v) is 5.49. The fourth-order valence-electron chi connectivity index (χ4n) is 3.21. The standard InChI is InChI=1S/C21H24N2O4S2/c1-4-18-21(25)23-17-12-16(5-6-19(17)28-18)29(26,27)8-7-20(24)22-15-10-13(2)9-14(3)11-15/h5-6,9-12,18H,4,7-8H2,1-3H3,(H,22,24)(H,23,25)/t18-/m0/s1. The van der Waals surface area contributed by atoms with E-state index in [1.165, 1.54) is 23.9 Å². The van der Waals surface area contributed by atoms with E-state index < -0.39 is 9.84 Å². The molecule has 0 saturated carbocycles. The smallest absolute Gasteiger partial charge is 0.237 e. The average Bonchev–Trinajstić information content (AvgIpc) is 2.64. The highest BCUT2D eigenvalue weighted by molar-refractivity contribution is 8.01. The monoisotopic (exact) mass is 432 g/mol. The molecule has 0 bridgehead atoms. The number of aryl methyl sites for hydroxylation is 2. The summed E-state index contributed by atoms with van der Waals surface area (Å²) in [7, 11) is -3.66. The summed E-state index contributed by atoms with van der Waals surface area (Å²) in [6.07, 6.45) is 0.553. The van der Waals surface area contributed by atoms with E-state index >= 15 is 0 Å². The van der Waals surface area contributed by atoms with Crippen LogP contribution in [0.2, 0.25) is 0 Å². The van der Waals surface area contributed by atoms with Crippen molar-refractivity contribution in [2.24, 2.45) is 0 Å². The summed E-state index contributed by atoms with van der Waals surface area (Å²) in [6, 6.07) is 10.4.